The summed E-state index contributed by atoms with van der Waals surface area (Å²) >= 11 is 3.44. The molecule has 0 aliphatic carbocycles. The van der Waals surface area contributed by atoms with Gasteiger partial charge < -0.3 is 14.8 Å². The number of benzene rings is 1. The van der Waals surface area contributed by atoms with Crippen LogP contribution >= 0.6 is 15.9 Å². The van der Waals surface area contributed by atoms with Crippen molar-refractivity contribution in [3.8, 4) is 5.75 Å². The van der Waals surface area contributed by atoms with Gasteiger partial charge >= 0.3 is 0 Å². The Kier molecular flexibility index (Phi) is 6.51. The minimum absolute atomic E-state index is 0.0372. The van der Waals surface area contributed by atoms with Crippen molar-refractivity contribution < 1.29 is 14.3 Å². The third kappa shape index (κ3) is 5.00. The minimum Gasteiger partial charge on any atom is -0.494 e. The highest BCUT2D eigenvalue weighted by atomic mass is 79.9. The van der Waals surface area contributed by atoms with E-state index in [1.165, 1.54) is 0 Å². The van der Waals surface area contributed by atoms with Crippen LogP contribution in [0.25, 0.3) is 0 Å². The fraction of sp³-hybridized carbons (Fsp3) is 0.562. The number of hydrogen-bond acceptors (Lipinski definition) is 3. The molecule has 4 nitrogen and oxygen atoms in total. The monoisotopic (exact) mass is 355 g/mol. The molecule has 0 bridgehead atoms. The third-order valence-electron chi connectivity index (χ3n) is 3.51. The van der Waals surface area contributed by atoms with Gasteiger partial charge in [0.15, 0.2) is 0 Å². The summed E-state index contributed by atoms with van der Waals surface area (Å²) in [6.45, 7) is 3.42. The number of halogens is 1. The Morgan fingerprint density at radius 2 is 2.38 bits per heavy atom. The van der Waals surface area contributed by atoms with Crippen LogP contribution < -0.4 is 10.1 Å². The highest BCUT2D eigenvalue weighted by molar-refractivity contribution is 9.08. The van der Waals surface area contributed by atoms with Crippen molar-refractivity contribution >= 4 is 27.5 Å². The Balaban J connectivity index is 1.87. The molecular weight excluding hydrogens is 334 g/mol. The van der Waals surface area contributed by atoms with E-state index in [2.05, 4.69) is 21.2 Å². The maximum absolute atomic E-state index is 12.0. The molecule has 1 aromatic rings. The Hall–Kier alpha value is -1.07. The van der Waals surface area contributed by atoms with Crippen LogP contribution in [0.1, 0.15) is 38.2 Å². The van der Waals surface area contributed by atoms with E-state index in [9.17, 15) is 4.79 Å². The van der Waals surface area contributed by atoms with Gasteiger partial charge in [0.2, 0.25) is 5.91 Å². The van der Waals surface area contributed by atoms with Gasteiger partial charge in [0.05, 0.1) is 12.7 Å². The molecule has 1 atom stereocenters. The first-order valence-corrected chi connectivity index (χ1v) is 8.58. The second-order valence-electron chi connectivity index (χ2n) is 5.11. The lowest BCUT2D eigenvalue weighted by Crippen LogP contribution is -2.15. The van der Waals surface area contributed by atoms with E-state index in [0.29, 0.717) is 18.4 Å². The predicted octanol–water partition coefficient (Wildman–Crippen LogP) is 3.88. The molecule has 2 rings (SSSR count). The Morgan fingerprint density at radius 1 is 1.52 bits per heavy atom. The van der Waals surface area contributed by atoms with E-state index in [0.717, 1.165) is 42.9 Å². The van der Waals surface area contributed by atoms with Crippen molar-refractivity contribution in [2.24, 2.45) is 0 Å². The molecule has 1 aliphatic rings. The molecule has 1 N–H and O–H groups in total. The Morgan fingerprint density at radius 3 is 3.05 bits per heavy atom. The van der Waals surface area contributed by atoms with Crippen LogP contribution in [0, 0.1) is 0 Å². The first-order valence-electron chi connectivity index (χ1n) is 7.46. The zero-order valence-electron chi connectivity index (χ0n) is 12.4. The molecule has 1 aromatic carbocycles. The van der Waals surface area contributed by atoms with Gasteiger partial charge in [0.1, 0.15) is 5.75 Å². The van der Waals surface area contributed by atoms with Gasteiger partial charge in [-0.15, -0.1) is 0 Å². The topological polar surface area (TPSA) is 47.6 Å². The molecule has 0 spiro atoms. The van der Waals surface area contributed by atoms with E-state index in [1.54, 1.807) is 0 Å². The van der Waals surface area contributed by atoms with Crippen molar-refractivity contribution in [1.29, 1.82) is 0 Å². The Bertz CT molecular complexity index is 473. The summed E-state index contributed by atoms with van der Waals surface area (Å²) in [6, 6.07) is 5.72. The van der Waals surface area contributed by atoms with Gasteiger partial charge in [-0.05, 0) is 44.4 Å². The van der Waals surface area contributed by atoms with Crippen LogP contribution in [0.3, 0.4) is 0 Å². The molecule has 1 heterocycles. The molecule has 21 heavy (non-hydrogen) atoms. The van der Waals surface area contributed by atoms with Gasteiger partial charge in [0.25, 0.3) is 0 Å². The van der Waals surface area contributed by atoms with Gasteiger partial charge in [-0.25, -0.2) is 0 Å². The molecule has 0 saturated carbocycles. The number of anilines is 1. The standard InChI is InChI=1S/C16H22BrNO3/c1-2-20-15-7-5-13(10-12(15)11-17)18-16(19)8-6-14-4-3-9-21-14/h5,7,10,14H,2-4,6,8-9,11H2,1H3,(H,18,19). The zero-order valence-corrected chi connectivity index (χ0v) is 13.9. The van der Waals surface area contributed by atoms with Gasteiger partial charge in [0, 0.05) is 29.6 Å². The van der Waals surface area contributed by atoms with E-state index >= 15 is 0 Å². The van der Waals surface area contributed by atoms with Gasteiger partial charge in [-0.3, -0.25) is 4.79 Å². The smallest absolute Gasteiger partial charge is 0.224 e. The van der Waals surface area contributed by atoms with Crippen molar-refractivity contribution in [3.05, 3.63) is 23.8 Å². The molecule has 0 radical (unpaired) electrons. The van der Waals surface area contributed by atoms with Crippen LogP contribution in [0.15, 0.2) is 18.2 Å². The van der Waals surface area contributed by atoms with E-state index in [-0.39, 0.29) is 12.0 Å². The number of carbonyl (C=O) groups is 1. The minimum atomic E-state index is 0.0372. The third-order valence-corrected chi connectivity index (χ3v) is 4.11. The maximum atomic E-state index is 12.0. The number of nitrogens with one attached hydrogen (secondary N) is 1. The molecule has 1 aliphatic heterocycles. The van der Waals surface area contributed by atoms with Crippen LogP contribution in [-0.2, 0) is 14.9 Å². The molecule has 5 heteroatoms. The normalized spacial score (nSPS) is 17.7. The van der Waals surface area contributed by atoms with Crippen molar-refractivity contribution in [2.45, 2.75) is 44.0 Å². The molecule has 116 valence electrons. The fourth-order valence-corrected chi connectivity index (χ4v) is 2.88. The van der Waals surface area contributed by atoms with E-state index < -0.39 is 0 Å². The molecule has 1 unspecified atom stereocenters. The zero-order chi connectivity index (χ0) is 15.1. The second-order valence-corrected chi connectivity index (χ2v) is 5.67. The SMILES string of the molecule is CCOc1ccc(NC(=O)CCC2CCCO2)cc1CBr. The van der Waals surface area contributed by atoms with Crippen molar-refractivity contribution in [3.63, 3.8) is 0 Å². The fourth-order valence-electron chi connectivity index (χ4n) is 2.45. The molecule has 1 saturated heterocycles. The summed E-state index contributed by atoms with van der Waals surface area (Å²) < 4.78 is 11.1. The van der Waals surface area contributed by atoms with Crippen LogP contribution in [0.5, 0.6) is 5.75 Å². The molecular formula is C16H22BrNO3. The molecule has 1 fully saturated rings. The average Bonchev–Trinajstić information content (AvgIpc) is 3.00. The largest absolute Gasteiger partial charge is 0.494 e. The average molecular weight is 356 g/mol. The number of amides is 1. The summed E-state index contributed by atoms with van der Waals surface area (Å²) in [5.41, 5.74) is 1.85. The summed E-state index contributed by atoms with van der Waals surface area (Å²) in [5, 5.41) is 3.64. The summed E-state index contributed by atoms with van der Waals surface area (Å²) in [6.07, 6.45) is 3.74. The summed E-state index contributed by atoms with van der Waals surface area (Å²) in [7, 11) is 0. The number of ether oxygens (including phenoxy) is 2. The summed E-state index contributed by atoms with van der Waals surface area (Å²) in [4.78, 5) is 12.0. The highest BCUT2D eigenvalue weighted by Crippen LogP contribution is 2.25. The second kappa shape index (κ2) is 8.39. The van der Waals surface area contributed by atoms with Gasteiger partial charge in [-0.1, -0.05) is 15.9 Å². The first kappa shape index (κ1) is 16.3. The predicted molar refractivity (Wildman–Crippen MR) is 87.1 cm³/mol. The number of hydrogen-bond donors (Lipinski definition) is 1. The molecule has 1 amide bonds. The Labute approximate surface area is 134 Å². The quantitative estimate of drug-likeness (QED) is 0.755. The summed E-state index contributed by atoms with van der Waals surface area (Å²) in [5.74, 6) is 0.891. The lowest BCUT2D eigenvalue weighted by Gasteiger charge is -2.12. The first-order chi connectivity index (χ1) is 10.2. The van der Waals surface area contributed by atoms with E-state index in [4.69, 9.17) is 9.47 Å². The number of rotatable bonds is 7. The highest BCUT2D eigenvalue weighted by Gasteiger charge is 2.16. The van der Waals surface area contributed by atoms with Crippen molar-refractivity contribution in [1.82, 2.24) is 0 Å². The van der Waals surface area contributed by atoms with Gasteiger partial charge in [-0.2, -0.15) is 0 Å². The number of carbonyl (C=O) groups excluding carboxylic acids is 1. The van der Waals surface area contributed by atoms with Crippen LogP contribution in [0.2, 0.25) is 0 Å². The number of alkyl halides is 1. The van der Waals surface area contributed by atoms with Crippen molar-refractivity contribution in [2.75, 3.05) is 18.5 Å². The lowest BCUT2D eigenvalue weighted by atomic mass is 10.1. The van der Waals surface area contributed by atoms with E-state index in [1.807, 2.05) is 25.1 Å². The van der Waals surface area contributed by atoms with Crippen LogP contribution in [-0.4, -0.2) is 25.2 Å². The van der Waals surface area contributed by atoms with Crippen LogP contribution in [0.4, 0.5) is 5.69 Å². The maximum Gasteiger partial charge on any atom is 0.224 e. The lowest BCUT2D eigenvalue weighted by molar-refractivity contribution is -0.116. The molecule has 0 aromatic heterocycles.